The van der Waals surface area contributed by atoms with E-state index < -0.39 is 23.6 Å². The van der Waals surface area contributed by atoms with Crippen molar-refractivity contribution in [2.24, 2.45) is 40.5 Å². The Morgan fingerprint density at radius 1 is 1.10 bits per heavy atom. The summed E-state index contributed by atoms with van der Waals surface area (Å²) in [4.78, 5) is 16.4. The van der Waals surface area contributed by atoms with E-state index in [1.807, 2.05) is 6.21 Å². The third-order valence-corrected chi connectivity index (χ3v) is 10.5. The fourth-order valence-electron chi connectivity index (χ4n) is 8.18. The van der Waals surface area contributed by atoms with E-state index in [-0.39, 0.29) is 23.9 Å². The molecule has 39 heavy (non-hydrogen) atoms. The van der Waals surface area contributed by atoms with E-state index in [4.69, 9.17) is 0 Å². The second kappa shape index (κ2) is 14.4. The van der Waals surface area contributed by atoms with E-state index >= 15 is 0 Å². The lowest BCUT2D eigenvalue weighted by Crippen LogP contribution is -2.46. The number of aliphatic carboxylic acids is 1. The van der Waals surface area contributed by atoms with Crippen molar-refractivity contribution in [3.63, 3.8) is 0 Å². The lowest BCUT2D eigenvalue weighted by molar-refractivity contribution is -0.151. The molecule has 4 rings (SSSR count). The molecule has 2 saturated carbocycles. The van der Waals surface area contributed by atoms with Gasteiger partial charge in [-0.15, -0.1) is 0 Å². The summed E-state index contributed by atoms with van der Waals surface area (Å²) in [5.74, 6) is -0.478. The SMILES string of the molecule is CCCCC[C@@H]1C=C[C@@H](CCCCC[C@H](C(=O)O)[C@H](O)[C@@H]2CC[C@H]3[C@H](CC4=CCN=C4)CC[C@]3(O)C2)[C@H](O)C1. The zero-order valence-electron chi connectivity index (χ0n) is 24.1. The van der Waals surface area contributed by atoms with Crippen molar-refractivity contribution >= 4 is 12.2 Å². The first-order chi connectivity index (χ1) is 18.8. The average Bonchev–Trinajstić information content (AvgIpc) is 3.54. The third-order valence-electron chi connectivity index (χ3n) is 10.5. The molecule has 3 aliphatic carbocycles. The molecule has 4 aliphatic rings. The van der Waals surface area contributed by atoms with Gasteiger partial charge in [-0.25, -0.2) is 0 Å². The van der Waals surface area contributed by atoms with Crippen LogP contribution in [-0.2, 0) is 4.79 Å². The normalized spacial score (nSPS) is 35.5. The molecule has 6 heteroatoms. The molecule has 0 spiro atoms. The number of carboxylic acids is 1. The predicted octanol–water partition coefficient (Wildman–Crippen LogP) is 6.09. The van der Waals surface area contributed by atoms with E-state index in [9.17, 15) is 25.2 Å². The Labute approximate surface area is 235 Å². The van der Waals surface area contributed by atoms with E-state index in [1.54, 1.807) is 0 Å². The summed E-state index contributed by atoms with van der Waals surface area (Å²) in [6.07, 6.45) is 22.1. The third kappa shape index (κ3) is 8.04. The number of carboxylic acid groups (broad SMARTS) is 1. The van der Waals surface area contributed by atoms with Crippen LogP contribution in [0.15, 0.2) is 28.8 Å². The number of rotatable bonds is 15. The predicted molar refractivity (Wildman–Crippen MR) is 156 cm³/mol. The van der Waals surface area contributed by atoms with Crippen LogP contribution in [0, 0.1) is 35.5 Å². The summed E-state index contributed by atoms with van der Waals surface area (Å²) in [6.45, 7) is 2.98. The average molecular weight is 544 g/mol. The van der Waals surface area contributed by atoms with Gasteiger partial charge in [-0.1, -0.05) is 63.7 Å². The molecule has 0 radical (unpaired) electrons. The molecule has 0 amide bonds. The Morgan fingerprint density at radius 3 is 2.64 bits per heavy atom. The molecule has 1 aliphatic heterocycles. The Kier molecular flexibility index (Phi) is 11.3. The van der Waals surface area contributed by atoms with Crippen LogP contribution in [0.1, 0.15) is 110 Å². The number of fused-ring (bicyclic) bond motifs is 1. The molecule has 4 N–H and O–H groups in total. The minimum atomic E-state index is -0.923. The molecular formula is C33H53NO5. The number of hydrogen-bond acceptors (Lipinski definition) is 5. The van der Waals surface area contributed by atoms with Gasteiger partial charge < -0.3 is 20.4 Å². The summed E-state index contributed by atoms with van der Waals surface area (Å²) < 4.78 is 0. The van der Waals surface area contributed by atoms with Gasteiger partial charge in [0.1, 0.15) is 0 Å². The van der Waals surface area contributed by atoms with Crippen molar-refractivity contribution in [1.82, 2.24) is 0 Å². The number of nitrogens with zero attached hydrogens (tertiary/aromatic N) is 1. The molecule has 0 aromatic rings. The molecule has 6 nitrogen and oxygen atoms in total. The molecule has 220 valence electrons. The molecule has 0 bridgehead atoms. The molecule has 0 aromatic carbocycles. The lowest BCUT2D eigenvalue weighted by atomic mass is 9.66. The number of aliphatic hydroxyl groups excluding tert-OH is 2. The van der Waals surface area contributed by atoms with E-state index in [2.05, 4.69) is 30.1 Å². The van der Waals surface area contributed by atoms with Crippen LogP contribution in [0.2, 0.25) is 0 Å². The van der Waals surface area contributed by atoms with E-state index in [0.29, 0.717) is 24.7 Å². The van der Waals surface area contributed by atoms with Gasteiger partial charge >= 0.3 is 5.97 Å². The standard InChI is InChI=1S/C33H53NO5/c1-2-3-5-8-23-11-12-25(30(35)20-23)9-6-4-7-10-28(32(37)38)31(36)27-13-14-29-26(15-17-33(29,39)21-27)19-24-16-18-34-22-24/h11-12,16,22-23,25-31,35-36,39H,2-10,13-15,17-21H2,1H3,(H,37,38)/t23-,25-,26+,27-,28+,29+,30-,31-,33+/m1/s1. The summed E-state index contributed by atoms with van der Waals surface area (Å²) >= 11 is 0. The topological polar surface area (TPSA) is 110 Å². The first-order valence-electron chi connectivity index (χ1n) is 16.0. The molecule has 0 unspecified atom stereocenters. The van der Waals surface area contributed by atoms with Crippen molar-refractivity contribution < 1.29 is 25.2 Å². The molecule has 9 atom stereocenters. The van der Waals surface area contributed by atoms with Crippen LogP contribution in [0.3, 0.4) is 0 Å². The van der Waals surface area contributed by atoms with Crippen LogP contribution >= 0.6 is 0 Å². The van der Waals surface area contributed by atoms with Crippen molar-refractivity contribution in [2.45, 2.75) is 127 Å². The van der Waals surface area contributed by atoms with Crippen LogP contribution in [0.5, 0.6) is 0 Å². The Balaban J connectivity index is 1.19. The van der Waals surface area contributed by atoms with Gasteiger partial charge in [0.2, 0.25) is 0 Å². The van der Waals surface area contributed by atoms with Crippen molar-refractivity contribution in [1.29, 1.82) is 0 Å². The Morgan fingerprint density at radius 2 is 1.92 bits per heavy atom. The van der Waals surface area contributed by atoms with Crippen LogP contribution < -0.4 is 0 Å². The number of carbonyl (C=O) groups is 1. The number of unbranched alkanes of at least 4 members (excludes halogenated alkanes) is 4. The van der Waals surface area contributed by atoms with Gasteiger partial charge in [-0.05, 0) is 93.5 Å². The Hall–Kier alpha value is -1.50. The van der Waals surface area contributed by atoms with Crippen LogP contribution in [-0.4, -0.2) is 57.0 Å². The summed E-state index contributed by atoms with van der Waals surface area (Å²) in [7, 11) is 0. The molecule has 0 aromatic heterocycles. The minimum absolute atomic E-state index is 0.161. The second-order valence-corrected chi connectivity index (χ2v) is 13.2. The van der Waals surface area contributed by atoms with Crippen LogP contribution in [0.25, 0.3) is 0 Å². The maximum atomic E-state index is 12.1. The molecule has 2 fully saturated rings. The fourth-order valence-corrected chi connectivity index (χ4v) is 8.18. The highest BCUT2D eigenvalue weighted by molar-refractivity contribution is 5.80. The molecule has 0 saturated heterocycles. The highest BCUT2D eigenvalue weighted by Crippen LogP contribution is 2.53. The van der Waals surface area contributed by atoms with Crippen molar-refractivity contribution in [3.8, 4) is 0 Å². The zero-order valence-corrected chi connectivity index (χ0v) is 24.1. The minimum Gasteiger partial charge on any atom is -0.481 e. The highest BCUT2D eigenvalue weighted by Gasteiger charge is 2.52. The summed E-state index contributed by atoms with van der Waals surface area (Å²) in [6, 6.07) is 0. The maximum absolute atomic E-state index is 12.1. The largest absolute Gasteiger partial charge is 0.481 e. The number of aliphatic hydroxyl groups is 3. The van der Waals surface area contributed by atoms with Gasteiger partial charge in [0.05, 0.1) is 30.3 Å². The number of allylic oxidation sites excluding steroid dienone is 2. The summed E-state index contributed by atoms with van der Waals surface area (Å²) in [5.41, 5.74) is 0.495. The van der Waals surface area contributed by atoms with Gasteiger partial charge in [0.25, 0.3) is 0 Å². The smallest absolute Gasteiger partial charge is 0.309 e. The first kappa shape index (κ1) is 30.5. The highest BCUT2D eigenvalue weighted by atomic mass is 16.4. The van der Waals surface area contributed by atoms with Crippen LogP contribution in [0.4, 0.5) is 0 Å². The zero-order chi connectivity index (χ0) is 27.8. The van der Waals surface area contributed by atoms with Gasteiger partial charge in [-0.2, -0.15) is 0 Å². The van der Waals surface area contributed by atoms with Gasteiger partial charge in [0.15, 0.2) is 0 Å². The second-order valence-electron chi connectivity index (χ2n) is 13.2. The lowest BCUT2D eigenvalue weighted by Gasteiger charge is -2.43. The monoisotopic (exact) mass is 543 g/mol. The number of aliphatic imine (C=N–C) groups is 1. The maximum Gasteiger partial charge on any atom is 0.309 e. The Bertz CT molecular complexity index is 883. The van der Waals surface area contributed by atoms with E-state index in [0.717, 1.165) is 70.8 Å². The quantitative estimate of drug-likeness (QED) is 0.148. The number of hydrogen-bond donors (Lipinski definition) is 4. The molecular weight excluding hydrogens is 490 g/mol. The van der Waals surface area contributed by atoms with E-state index in [1.165, 1.54) is 31.3 Å². The first-order valence-corrected chi connectivity index (χ1v) is 16.0. The fraction of sp³-hybridized carbons (Fsp3) is 0.818. The van der Waals surface area contributed by atoms with Crippen molar-refractivity contribution in [2.75, 3.05) is 6.54 Å². The van der Waals surface area contributed by atoms with Gasteiger partial charge in [0, 0.05) is 12.1 Å². The summed E-state index contributed by atoms with van der Waals surface area (Å²) in [5, 5.41) is 43.2. The van der Waals surface area contributed by atoms with Gasteiger partial charge in [-0.3, -0.25) is 9.79 Å². The van der Waals surface area contributed by atoms with Crippen molar-refractivity contribution in [3.05, 3.63) is 23.8 Å². The molecule has 1 heterocycles.